The van der Waals surface area contributed by atoms with Gasteiger partial charge in [-0.1, -0.05) is 0 Å². The number of likely N-dealkylation sites (tertiary alicyclic amines) is 1. The molecule has 0 aliphatic carbocycles. The van der Waals surface area contributed by atoms with Crippen molar-refractivity contribution in [1.29, 1.82) is 0 Å². The van der Waals surface area contributed by atoms with E-state index >= 15 is 0 Å². The average Bonchev–Trinajstić information content (AvgIpc) is 2.81. The number of ether oxygens (including phenoxy) is 1. The van der Waals surface area contributed by atoms with Crippen LogP contribution in [0.4, 0.5) is 0 Å². The monoisotopic (exact) mass is 241 g/mol. The lowest BCUT2D eigenvalue weighted by molar-refractivity contribution is -0.142. The minimum absolute atomic E-state index is 0.00132. The molecule has 96 valence electrons. The van der Waals surface area contributed by atoms with Gasteiger partial charge in [0.25, 0.3) is 0 Å². The number of rotatable bonds is 3. The third kappa shape index (κ3) is 3.19. The molecular weight excluding hydrogens is 222 g/mol. The summed E-state index contributed by atoms with van der Waals surface area (Å²) >= 11 is 0. The van der Waals surface area contributed by atoms with Gasteiger partial charge in [-0.15, -0.1) is 0 Å². The van der Waals surface area contributed by atoms with Crippen LogP contribution >= 0.6 is 0 Å². The molecule has 0 radical (unpaired) electrons. The van der Waals surface area contributed by atoms with E-state index in [0.717, 1.165) is 25.8 Å². The third-order valence-corrected chi connectivity index (χ3v) is 3.57. The number of carbonyl (C=O) groups excluding carboxylic acids is 1. The largest absolute Gasteiger partial charge is 0.481 e. The molecule has 2 fully saturated rings. The lowest BCUT2D eigenvalue weighted by Gasteiger charge is -2.33. The van der Waals surface area contributed by atoms with Gasteiger partial charge in [-0.05, 0) is 25.2 Å². The van der Waals surface area contributed by atoms with Gasteiger partial charge in [0.05, 0.1) is 12.5 Å². The summed E-state index contributed by atoms with van der Waals surface area (Å²) in [5.74, 6) is -0.503. The quantitative estimate of drug-likeness (QED) is 0.791. The van der Waals surface area contributed by atoms with E-state index in [-0.39, 0.29) is 24.2 Å². The third-order valence-electron chi connectivity index (χ3n) is 3.57. The predicted molar refractivity (Wildman–Crippen MR) is 60.5 cm³/mol. The number of amides is 1. The van der Waals surface area contributed by atoms with Crippen LogP contribution in [0.1, 0.15) is 25.7 Å². The Bertz CT molecular complexity index is 299. The van der Waals surface area contributed by atoms with E-state index in [1.165, 1.54) is 0 Å². The molecule has 2 saturated heterocycles. The molecule has 0 aromatic carbocycles. The van der Waals surface area contributed by atoms with Gasteiger partial charge >= 0.3 is 5.97 Å². The van der Waals surface area contributed by atoms with Gasteiger partial charge in [-0.3, -0.25) is 9.59 Å². The zero-order valence-electron chi connectivity index (χ0n) is 9.93. The molecule has 1 amide bonds. The van der Waals surface area contributed by atoms with Crippen molar-refractivity contribution >= 4 is 11.9 Å². The van der Waals surface area contributed by atoms with Crippen LogP contribution in [0.5, 0.6) is 0 Å². The first kappa shape index (κ1) is 12.4. The fourth-order valence-electron chi connectivity index (χ4n) is 2.67. The van der Waals surface area contributed by atoms with Crippen molar-refractivity contribution in [2.24, 2.45) is 11.8 Å². The molecule has 2 heterocycles. The number of aliphatic carboxylic acids is 1. The SMILES string of the molecule is O=C(O)CC1CCCN(C(=O)C2CCOC2)C1. The molecule has 2 rings (SSSR count). The molecule has 5 nitrogen and oxygen atoms in total. The van der Waals surface area contributed by atoms with Gasteiger partial charge in [0.15, 0.2) is 0 Å². The Morgan fingerprint density at radius 3 is 2.82 bits per heavy atom. The average molecular weight is 241 g/mol. The molecule has 0 aromatic heterocycles. The van der Waals surface area contributed by atoms with Gasteiger partial charge in [0.1, 0.15) is 0 Å². The molecule has 5 heteroatoms. The lowest BCUT2D eigenvalue weighted by Crippen LogP contribution is -2.43. The molecule has 2 aliphatic rings. The number of hydrogen-bond acceptors (Lipinski definition) is 3. The molecule has 2 aliphatic heterocycles. The van der Waals surface area contributed by atoms with Crippen LogP contribution in [0.15, 0.2) is 0 Å². The number of carboxylic acids is 1. The highest BCUT2D eigenvalue weighted by molar-refractivity contribution is 5.79. The highest BCUT2D eigenvalue weighted by atomic mass is 16.5. The Hall–Kier alpha value is -1.10. The lowest BCUT2D eigenvalue weighted by atomic mass is 9.93. The van der Waals surface area contributed by atoms with Gasteiger partial charge in [0, 0.05) is 26.1 Å². The molecule has 2 unspecified atom stereocenters. The van der Waals surface area contributed by atoms with Crippen LogP contribution in [0, 0.1) is 11.8 Å². The first-order chi connectivity index (χ1) is 8.16. The summed E-state index contributed by atoms with van der Waals surface area (Å²) in [5, 5.41) is 8.78. The summed E-state index contributed by atoms with van der Waals surface area (Å²) in [7, 11) is 0. The van der Waals surface area contributed by atoms with E-state index in [4.69, 9.17) is 9.84 Å². The van der Waals surface area contributed by atoms with Crippen LogP contribution in [0.25, 0.3) is 0 Å². The Balaban J connectivity index is 1.87. The number of nitrogens with zero attached hydrogens (tertiary/aromatic N) is 1. The summed E-state index contributed by atoms with van der Waals surface area (Å²) in [6.07, 6.45) is 2.80. The molecule has 0 spiro atoms. The fourth-order valence-corrected chi connectivity index (χ4v) is 2.67. The van der Waals surface area contributed by atoms with Crippen LogP contribution < -0.4 is 0 Å². The Kier molecular flexibility index (Phi) is 3.99. The van der Waals surface area contributed by atoms with E-state index in [1.807, 2.05) is 4.90 Å². The summed E-state index contributed by atoms with van der Waals surface area (Å²) in [6, 6.07) is 0. The fraction of sp³-hybridized carbons (Fsp3) is 0.833. The Morgan fingerprint density at radius 2 is 2.18 bits per heavy atom. The molecule has 17 heavy (non-hydrogen) atoms. The van der Waals surface area contributed by atoms with Crippen LogP contribution in [-0.4, -0.2) is 48.2 Å². The van der Waals surface area contributed by atoms with Crippen molar-refractivity contribution in [1.82, 2.24) is 4.90 Å². The van der Waals surface area contributed by atoms with Gasteiger partial charge in [-0.2, -0.15) is 0 Å². The molecule has 1 N–H and O–H groups in total. The second-order valence-electron chi connectivity index (χ2n) is 4.95. The first-order valence-electron chi connectivity index (χ1n) is 6.25. The highest BCUT2D eigenvalue weighted by Crippen LogP contribution is 2.23. The van der Waals surface area contributed by atoms with Crippen LogP contribution in [0.3, 0.4) is 0 Å². The number of carbonyl (C=O) groups is 2. The van der Waals surface area contributed by atoms with Gasteiger partial charge < -0.3 is 14.7 Å². The Labute approximate surface area is 101 Å². The maximum absolute atomic E-state index is 12.1. The maximum Gasteiger partial charge on any atom is 0.303 e. The van der Waals surface area contributed by atoms with E-state index in [2.05, 4.69) is 0 Å². The Morgan fingerprint density at radius 1 is 1.35 bits per heavy atom. The van der Waals surface area contributed by atoms with E-state index in [1.54, 1.807) is 0 Å². The zero-order valence-corrected chi connectivity index (χ0v) is 9.93. The molecule has 2 atom stereocenters. The number of carboxylic acid groups (broad SMARTS) is 1. The normalized spacial score (nSPS) is 29.3. The summed E-state index contributed by atoms with van der Waals surface area (Å²) in [4.78, 5) is 24.6. The summed E-state index contributed by atoms with van der Waals surface area (Å²) < 4.78 is 5.22. The smallest absolute Gasteiger partial charge is 0.303 e. The summed E-state index contributed by atoms with van der Waals surface area (Å²) in [6.45, 7) is 2.56. The minimum Gasteiger partial charge on any atom is -0.481 e. The minimum atomic E-state index is -0.770. The second-order valence-corrected chi connectivity index (χ2v) is 4.95. The van der Waals surface area contributed by atoms with Crippen molar-refractivity contribution in [2.75, 3.05) is 26.3 Å². The predicted octanol–water partition coefficient (Wildman–Crippen LogP) is 0.736. The van der Waals surface area contributed by atoms with Crippen molar-refractivity contribution in [3.8, 4) is 0 Å². The molecule has 0 saturated carbocycles. The number of hydrogen-bond donors (Lipinski definition) is 1. The number of piperidine rings is 1. The zero-order chi connectivity index (χ0) is 12.3. The van der Waals surface area contributed by atoms with E-state index < -0.39 is 5.97 Å². The van der Waals surface area contributed by atoms with Crippen molar-refractivity contribution < 1.29 is 19.4 Å². The summed E-state index contributed by atoms with van der Waals surface area (Å²) in [5.41, 5.74) is 0. The first-order valence-corrected chi connectivity index (χ1v) is 6.25. The van der Waals surface area contributed by atoms with Crippen molar-refractivity contribution in [2.45, 2.75) is 25.7 Å². The molecule has 0 bridgehead atoms. The maximum atomic E-state index is 12.1. The van der Waals surface area contributed by atoms with E-state index in [0.29, 0.717) is 19.8 Å². The standard InChI is InChI=1S/C12H19NO4/c14-11(15)6-9-2-1-4-13(7-9)12(16)10-3-5-17-8-10/h9-10H,1-8H2,(H,14,15). The van der Waals surface area contributed by atoms with E-state index in [9.17, 15) is 9.59 Å². The molecule has 0 aromatic rings. The highest BCUT2D eigenvalue weighted by Gasteiger charge is 2.31. The van der Waals surface area contributed by atoms with Gasteiger partial charge in [-0.25, -0.2) is 0 Å². The second kappa shape index (κ2) is 5.49. The topological polar surface area (TPSA) is 66.8 Å². The van der Waals surface area contributed by atoms with Gasteiger partial charge in [0.2, 0.25) is 5.91 Å². The van der Waals surface area contributed by atoms with Crippen molar-refractivity contribution in [3.05, 3.63) is 0 Å². The van der Waals surface area contributed by atoms with Crippen LogP contribution in [0.2, 0.25) is 0 Å². The molecular formula is C12H19NO4. The van der Waals surface area contributed by atoms with Crippen LogP contribution in [-0.2, 0) is 14.3 Å². The van der Waals surface area contributed by atoms with Crippen molar-refractivity contribution in [3.63, 3.8) is 0 Å².